The smallest absolute Gasteiger partial charge is 0.364 e. The predicted octanol–water partition coefficient (Wildman–Crippen LogP) is 11.8. The summed E-state index contributed by atoms with van der Waals surface area (Å²) in [6, 6.07) is 48.4. The lowest BCUT2D eigenvalue weighted by Gasteiger charge is -2.37. The molecule has 0 saturated heterocycles. The normalized spacial score (nSPS) is 13.5. The fourth-order valence-corrected chi connectivity index (χ4v) is 8.22. The summed E-state index contributed by atoms with van der Waals surface area (Å²) in [5.74, 6) is 0.302. The summed E-state index contributed by atoms with van der Waals surface area (Å²) < 4.78 is 13.5. The molecule has 2 aliphatic heterocycles. The van der Waals surface area contributed by atoms with E-state index in [2.05, 4.69) is 68.0 Å². The van der Waals surface area contributed by atoms with Crippen LogP contribution in [0.5, 0.6) is 11.8 Å². The van der Waals surface area contributed by atoms with E-state index in [1.165, 1.54) is 0 Å². The molecular weight excluding hydrogens is 681 g/mol. The Hall–Kier alpha value is -6.73. The Labute approximate surface area is 319 Å². The predicted molar refractivity (Wildman–Crippen MR) is 220 cm³/mol. The maximum atomic E-state index is 14.1. The number of ether oxygens (including phenoxy) is 2. The number of carbonyl (C=O) groups is 1. The monoisotopic (exact) mass is 720 g/mol. The first-order valence-corrected chi connectivity index (χ1v) is 18.8. The maximum Gasteiger partial charge on any atom is 0.364 e. The van der Waals surface area contributed by atoms with Gasteiger partial charge < -0.3 is 19.4 Å². The maximum absolute atomic E-state index is 14.1. The van der Waals surface area contributed by atoms with Gasteiger partial charge in [0.2, 0.25) is 11.8 Å². The molecule has 0 unspecified atom stereocenters. The van der Waals surface area contributed by atoms with Gasteiger partial charge in [-0.15, -0.1) is 0 Å². The van der Waals surface area contributed by atoms with E-state index in [1.807, 2.05) is 115 Å². The number of nitrogens with zero attached hydrogens (tertiary/aromatic N) is 2. The number of fused-ring (bicyclic) bond motifs is 8. The highest BCUT2D eigenvalue weighted by atomic mass is 16.6. The second-order valence-electron chi connectivity index (χ2n) is 14.7. The van der Waals surface area contributed by atoms with Gasteiger partial charge in [-0.3, -0.25) is 0 Å². The van der Waals surface area contributed by atoms with Crippen molar-refractivity contribution in [3.63, 3.8) is 0 Å². The molecule has 270 valence electrons. The van der Waals surface area contributed by atoms with Crippen LogP contribution in [0.1, 0.15) is 43.9 Å². The molecule has 4 aromatic carbocycles. The van der Waals surface area contributed by atoms with Gasteiger partial charge in [-0.25, -0.2) is 14.8 Å². The molecule has 5 heterocycles. The molecule has 0 amide bonds. The topological polar surface area (TPSA) is 92.9 Å². The largest absolute Gasteiger partial charge is 0.463 e. The molecule has 0 saturated carbocycles. The Morgan fingerprint density at radius 1 is 0.473 bits per heavy atom. The summed E-state index contributed by atoms with van der Waals surface area (Å²) in [7, 11) is 0. The van der Waals surface area contributed by atoms with Crippen LogP contribution in [0.25, 0.3) is 66.6 Å². The van der Waals surface area contributed by atoms with Crippen LogP contribution in [0.2, 0.25) is 0 Å². The quantitative estimate of drug-likeness (QED) is 0.167. The van der Waals surface area contributed by atoms with Crippen molar-refractivity contribution in [1.29, 1.82) is 0 Å². The molecule has 0 spiro atoms. The molecule has 7 heteroatoms. The average Bonchev–Trinajstić information content (AvgIpc) is 4.02. The Kier molecular flexibility index (Phi) is 8.42. The van der Waals surface area contributed by atoms with Crippen LogP contribution in [0.4, 0.5) is 0 Å². The van der Waals surface area contributed by atoms with Crippen LogP contribution >= 0.6 is 0 Å². The Morgan fingerprint density at radius 3 is 1.31 bits per heavy atom. The Morgan fingerprint density at radius 2 is 0.855 bits per heavy atom. The number of carbonyl (C=O) groups excluding carboxylic acids is 1. The van der Waals surface area contributed by atoms with Gasteiger partial charge in [0.25, 0.3) is 0 Å². The molecule has 9 rings (SSSR count). The van der Waals surface area contributed by atoms with E-state index in [-0.39, 0.29) is 23.4 Å². The van der Waals surface area contributed by atoms with E-state index in [1.54, 1.807) is 0 Å². The number of rotatable bonds is 6. The third-order valence-corrected chi connectivity index (χ3v) is 10.8. The molecule has 3 aromatic heterocycles. The van der Waals surface area contributed by atoms with Gasteiger partial charge in [0, 0.05) is 22.2 Å². The second kappa shape index (κ2) is 13.6. The van der Waals surface area contributed by atoms with Crippen LogP contribution in [0.15, 0.2) is 146 Å². The minimum Gasteiger partial charge on any atom is -0.463 e. The lowest BCUT2D eigenvalue weighted by molar-refractivity contribution is -0.0138. The van der Waals surface area contributed by atoms with E-state index in [0.717, 1.165) is 55.6 Å². The standard InChI is InChI=1S/C48H40N4O3/c1-29(2)48(30(3)4)44-40(32-19-11-6-12-20-32)36-26-28-37(50-36)41(33-21-13-7-14-22-33)45-51-43(47(53)54-45)39(31-17-9-5-10-18-31)35-25-27-38(49-35)42(46(52-44)55-48)34-23-15-8-16-24-34/h5-30,49-50H,1-4H3. The molecule has 7 aromatic rings. The summed E-state index contributed by atoms with van der Waals surface area (Å²) >= 11 is 0. The number of esters is 1. The Bertz CT molecular complexity index is 2710. The first-order chi connectivity index (χ1) is 26.8. The first-order valence-electron chi connectivity index (χ1n) is 18.8. The molecule has 0 atom stereocenters. The molecule has 0 fully saturated rings. The van der Waals surface area contributed by atoms with Crippen molar-refractivity contribution in [2.45, 2.75) is 33.3 Å². The van der Waals surface area contributed by atoms with Crippen LogP contribution in [-0.4, -0.2) is 25.9 Å². The van der Waals surface area contributed by atoms with Gasteiger partial charge in [-0.1, -0.05) is 149 Å². The van der Waals surface area contributed by atoms with Crippen molar-refractivity contribution in [2.24, 2.45) is 11.8 Å². The number of nitrogens with one attached hydrogen (secondary N) is 2. The molecule has 2 N–H and O–H groups in total. The van der Waals surface area contributed by atoms with Crippen LogP contribution in [0.3, 0.4) is 0 Å². The van der Waals surface area contributed by atoms with Gasteiger partial charge >= 0.3 is 5.97 Å². The fraction of sp³-hybridized carbons (Fsp3) is 0.146. The summed E-state index contributed by atoms with van der Waals surface area (Å²) in [5.41, 5.74) is 10.0. The number of hydrogen-bond acceptors (Lipinski definition) is 5. The van der Waals surface area contributed by atoms with Crippen molar-refractivity contribution in [1.82, 2.24) is 19.9 Å². The fourth-order valence-electron chi connectivity index (χ4n) is 8.22. The molecule has 0 aliphatic carbocycles. The summed E-state index contributed by atoms with van der Waals surface area (Å²) in [6.07, 6.45) is 0. The molecule has 7 nitrogen and oxygen atoms in total. The van der Waals surface area contributed by atoms with Crippen molar-refractivity contribution in [2.75, 3.05) is 0 Å². The third kappa shape index (κ3) is 5.71. The molecule has 2 aliphatic rings. The summed E-state index contributed by atoms with van der Waals surface area (Å²) in [5, 5.41) is 0. The van der Waals surface area contributed by atoms with Gasteiger partial charge in [0.05, 0.1) is 27.9 Å². The highest BCUT2D eigenvalue weighted by Gasteiger charge is 2.49. The minimum atomic E-state index is -0.795. The zero-order valence-electron chi connectivity index (χ0n) is 31.1. The summed E-state index contributed by atoms with van der Waals surface area (Å²) in [6.45, 7) is 8.84. The number of aromatic amines is 2. The van der Waals surface area contributed by atoms with Crippen molar-refractivity contribution >= 4 is 28.0 Å². The van der Waals surface area contributed by atoms with Gasteiger partial charge in [-0.05, 0) is 58.4 Å². The lowest BCUT2D eigenvalue weighted by atomic mass is 9.75. The van der Waals surface area contributed by atoms with E-state index >= 15 is 0 Å². The SMILES string of the molecule is CC(C)C1(C(C)C)Oc2nc1c(-c1ccccc1)c1ccc([nH]1)c(-c1ccccc1)c1nc(c(-c3ccccc3)c3ccc([nH]3)c2-c2ccccc2)C(=O)O1. The molecule has 0 radical (unpaired) electrons. The van der Waals surface area contributed by atoms with E-state index in [9.17, 15) is 4.79 Å². The lowest BCUT2D eigenvalue weighted by Crippen LogP contribution is -2.41. The van der Waals surface area contributed by atoms with E-state index in [0.29, 0.717) is 22.5 Å². The molecular formula is C48H40N4O3. The zero-order chi connectivity index (χ0) is 37.7. The van der Waals surface area contributed by atoms with Crippen molar-refractivity contribution in [3.05, 3.63) is 157 Å². The van der Waals surface area contributed by atoms with Crippen LogP contribution in [0, 0.1) is 11.8 Å². The van der Waals surface area contributed by atoms with E-state index in [4.69, 9.17) is 19.4 Å². The average molecular weight is 721 g/mol. The number of aromatic nitrogens is 4. The third-order valence-electron chi connectivity index (χ3n) is 10.8. The highest BCUT2D eigenvalue weighted by molar-refractivity contribution is 6.04. The minimum absolute atomic E-state index is 0.0422. The summed E-state index contributed by atoms with van der Waals surface area (Å²) in [4.78, 5) is 32.1. The molecule has 8 bridgehead atoms. The second-order valence-corrected chi connectivity index (χ2v) is 14.7. The van der Waals surface area contributed by atoms with Crippen molar-refractivity contribution < 1.29 is 14.3 Å². The van der Waals surface area contributed by atoms with Crippen LogP contribution in [-0.2, 0) is 5.60 Å². The first kappa shape index (κ1) is 34.1. The van der Waals surface area contributed by atoms with Crippen LogP contribution < -0.4 is 9.47 Å². The van der Waals surface area contributed by atoms with Gasteiger partial charge in [0.1, 0.15) is 0 Å². The number of hydrogen-bond donors (Lipinski definition) is 2. The number of H-pyrrole nitrogens is 2. The Balaban J connectivity index is 1.55. The zero-order valence-corrected chi connectivity index (χ0v) is 31.1. The molecule has 55 heavy (non-hydrogen) atoms. The van der Waals surface area contributed by atoms with Crippen molar-refractivity contribution in [3.8, 4) is 56.3 Å². The van der Waals surface area contributed by atoms with Gasteiger partial charge in [-0.2, -0.15) is 0 Å². The highest BCUT2D eigenvalue weighted by Crippen LogP contribution is 2.51. The van der Waals surface area contributed by atoms with E-state index < -0.39 is 11.6 Å². The van der Waals surface area contributed by atoms with Gasteiger partial charge in [0.15, 0.2) is 11.3 Å². The number of benzene rings is 4.